The highest BCUT2D eigenvalue weighted by atomic mass is 35.5. The summed E-state index contributed by atoms with van der Waals surface area (Å²) in [5.74, 6) is 5.51. The van der Waals surface area contributed by atoms with Gasteiger partial charge in [-0.2, -0.15) is 0 Å². The highest BCUT2D eigenvalue weighted by Gasteiger charge is 2.06. The summed E-state index contributed by atoms with van der Waals surface area (Å²) in [6, 6.07) is 9.68. The molecule has 0 saturated carbocycles. The van der Waals surface area contributed by atoms with E-state index < -0.39 is 0 Å². The number of hydrogen-bond donors (Lipinski definition) is 1. The molecule has 0 fully saturated rings. The zero-order chi connectivity index (χ0) is 15.2. The normalized spacial score (nSPS) is 10.1. The molecule has 0 aliphatic rings. The van der Waals surface area contributed by atoms with E-state index in [4.69, 9.17) is 28.3 Å². The Hall–Kier alpha value is -1.18. The molecule has 0 heterocycles. The molecule has 0 saturated heterocycles. The first-order valence-electron chi connectivity index (χ1n) is 6.06. The molecule has 0 aliphatic heterocycles. The number of rotatable bonds is 3. The van der Waals surface area contributed by atoms with Crippen molar-refractivity contribution in [3.8, 4) is 11.8 Å². The molecule has 21 heavy (non-hydrogen) atoms. The van der Waals surface area contributed by atoms with Crippen LogP contribution in [0.4, 0.5) is 4.39 Å². The van der Waals surface area contributed by atoms with Crippen LogP contribution in [0.15, 0.2) is 41.3 Å². The first kappa shape index (κ1) is 16.2. The van der Waals surface area contributed by atoms with E-state index in [1.165, 1.54) is 23.9 Å². The average molecular weight is 341 g/mol. The Kier molecular flexibility index (Phi) is 5.96. The second-order valence-electron chi connectivity index (χ2n) is 4.12. The van der Waals surface area contributed by atoms with Crippen LogP contribution < -0.4 is 0 Å². The molecule has 2 rings (SSSR count). The van der Waals surface area contributed by atoms with Gasteiger partial charge in [0.2, 0.25) is 0 Å². The largest absolute Gasteiger partial charge is 0.384 e. The van der Waals surface area contributed by atoms with Crippen LogP contribution in [-0.2, 0) is 5.75 Å². The Labute approximate surface area is 137 Å². The zero-order valence-corrected chi connectivity index (χ0v) is 13.2. The van der Waals surface area contributed by atoms with Crippen molar-refractivity contribution >= 4 is 35.0 Å². The zero-order valence-electron chi connectivity index (χ0n) is 10.9. The number of aliphatic hydroxyl groups excluding tert-OH is 1. The average Bonchev–Trinajstić information content (AvgIpc) is 2.47. The number of aliphatic hydroxyl groups is 1. The molecule has 0 aliphatic carbocycles. The quantitative estimate of drug-likeness (QED) is 0.641. The van der Waals surface area contributed by atoms with Crippen molar-refractivity contribution in [2.24, 2.45) is 0 Å². The molecule has 0 unspecified atom stereocenters. The Morgan fingerprint density at radius 1 is 1.14 bits per heavy atom. The molecule has 2 aromatic carbocycles. The van der Waals surface area contributed by atoms with E-state index >= 15 is 0 Å². The Balaban J connectivity index is 2.21. The number of halogens is 3. The summed E-state index contributed by atoms with van der Waals surface area (Å²) in [7, 11) is 0. The maximum absolute atomic E-state index is 13.3. The third-order valence-electron chi connectivity index (χ3n) is 2.65. The Morgan fingerprint density at radius 3 is 2.71 bits per heavy atom. The van der Waals surface area contributed by atoms with Gasteiger partial charge in [0.05, 0.1) is 5.02 Å². The number of benzene rings is 2. The van der Waals surface area contributed by atoms with E-state index in [1.54, 1.807) is 24.3 Å². The first-order valence-corrected chi connectivity index (χ1v) is 7.80. The summed E-state index contributed by atoms with van der Waals surface area (Å²) in [4.78, 5) is 0.856. The van der Waals surface area contributed by atoms with Gasteiger partial charge in [-0.3, -0.25) is 0 Å². The van der Waals surface area contributed by atoms with Gasteiger partial charge in [0, 0.05) is 21.2 Å². The second-order valence-corrected chi connectivity index (χ2v) is 5.99. The van der Waals surface area contributed by atoms with Gasteiger partial charge in [-0.25, -0.2) is 4.39 Å². The van der Waals surface area contributed by atoms with Crippen LogP contribution in [0.2, 0.25) is 10.0 Å². The van der Waals surface area contributed by atoms with Crippen molar-refractivity contribution in [2.45, 2.75) is 10.6 Å². The minimum atomic E-state index is -0.355. The van der Waals surface area contributed by atoms with Gasteiger partial charge in [-0.05, 0) is 35.9 Å². The third-order valence-corrected chi connectivity index (χ3v) is 4.43. The fourth-order valence-corrected chi connectivity index (χ4v) is 3.17. The van der Waals surface area contributed by atoms with Crippen molar-refractivity contribution in [3.63, 3.8) is 0 Å². The van der Waals surface area contributed by atoms with Gasteiger partial charge < -0.3 is 5.11 Å². The molecule has 0 radical (unpaired) electrons. The molecule has 108 valence electrons. The molecule has 0 bridgehead atoms. The maximum Gasteiger partial charge on any atom is 0.124 e. The van der Waals surface area contributed by atoms with Crippen LogP contribution in [-0.4, -0.2) is 11.7 Å². The predicted octanol–water partition coefficient (Wildman–Crippen LogP) is 4.77. The van der Waals surface area contributed by atoms with Gasteiger partial charge in [0.25, 0.3) is 0 Å². The van der Waals surface area contributed by atoms with E-state index in [1.807, 2.05) is 0 Å². The fraction of sp³-hybridized carbons (Fsp3) is 0.125. The smallest absolute Gasteiger partial charge is 0.124 e. The van der Waals surface area contributed by atoms with Gasteiger partial charge in [0.1, 0.15) is 12.4 Å². The minimum Gasteiger partial charge on any atom is -0.384 e. The SMILES string of the molecule is OCC#Cc1cc(F)ccc1CSc1cc(Cl)ccc1Cl. The van der Waals surface area contributed by atoms with Gasteiger partial charge in [-0.15, -0.1) is 11.8 Å². The summed E-state index contributed by atoms with van der Waals surface area (Å²) in [5, 5.41) is 9.99. The topological polar surface area (TPSA) is 20.2 Å². The lowest BCUT2D eigenvalue weighted by molar-refractivity contribution is 0.350. The molecule has 2 aromatic rings. The van der Waals surface area contributed by atoms with Gasteiger partial charge in [-0.1, -0.05) is 41.1 Å². The molecular weight excluding hydrogens is 330 g/mol. The number of hydrogen-bond acceptors (Lipinski definition) is 2. The third kappa shape index (κ3) is 4.66. The Bertz CT molecular complexity index is 707. The van der Waals surface area contributed by atoms with E-state index in [-0.39, 0.29) is 12.4 Å². The van der Waals surface area contributed by atoms with Gasteiger partial charge in [0.15, 0.2) is 0 Å². The van der Waals surface area contributed by atoms with Gasteiger partial charge >= 0.3 is 0 Å². The van der Waals surface area contributed by atoms with E-state index in [0.717, 1.165) is 10.5 Å². The summed E-state index contributed by atoms with van der Waals surface area (Å²) in [5.41, 5.74) is 1.44. The lowest BCUT2D eigenvalue weighted by Gasteiger charge is -2.07. The van der Waals surface area contributed by atoms with Crippen molar-refractivity contribution < 1.29 is 9.50 Å². The van der Waals surface area contributed by atoms with E-state index in [0.29, 0.717) is 21.4 Å². The summed E-state index contributed by atoms with van der Waals surface area (Å²) in [6.07, 6.45) is 0. The Morgan fingerprint density at radius 2 is 1.95 bits per heavy atom. The molecule has 0 spiro atoms. The molecule has 1 nitrogen and oxygen atoms in total. The fourth-order valence-electron chi connectivity index (χ4n) is 1.67. The van der Waals surface area contributed by atoms with Crippen LogP contribution in [0.1, 0.15) is 11.1 Å². The lowest BCUT2D eigenvalue weighted by Crippen LogP contribution is -1.90. The van der Waals surface area contributed by atoms with Crippen LogP contribution >= 0.6 is 35.0 Å². The van der Waals surface area contributed by atoms with Crippen molar-refractivity contribution in [3.05, 3.63) is 63.4 Å². The van der Waals surface area contributed by atoms with Crippen LogP contribution in [0.25, 0.3) is 0 Å². The summed E-state index contributed by atoms with van der Waals surface area (Å²) in [6.45, 7) is -0.261. The first-order chi connectivity index (χ1) is 10.1. The predicted molar refractivity (Wildman–Crippen MR) is 86.4 cm³/mol. The second kappa shape index (κ2) is 7.72. The molecular formula is C16H11Cl2FOS. The van der Waals surface area contributed by atoms with Crippen LogP contribution in [0.5, 0.6) is 0 Å². The highest BCUT2D eigenvalue weighted by molar-refractivity contribution is 7.98. The van der Waals surface area contributed by atoms with Crippen molar-refractivity contribution in [2.75, 3.05) is 6.61 Å². The molecule has 0 amide bonds. The molecule has 1 N–H and O–H groups in total. The number of thioether (sulfide) groups is 1. The molecule has 0 aromatic heterocycles. The molecule has 5 heteroatoms. The summed E-state index contributed by atoms with van der Waals surface area (Å²) >= 11 is 13.6. The summed E-state index contributed by atoms with van der Waals surface area (Å²) < 4.78 is 13.3. The maximum atomic E-state index is 13.3. The van der Waals surface area contributed by atoms with Crippen LogP contribution in [0.3, 0.4) is 0 Å². The highest BCUT2D eigenvalue weighted by Crippen LogP contribution is 2.32. The standard InChI is InChI=1S/C16H11Cl2FOS/c17-13-4-6-15(18)16(9-13)21-10-12-3-5-14(19)8-11(12)2-1-7-20/h3-6,8-9,20H,7,10H2. The lowest BCUT2D eigenvalue weighted by atomic mass is 10.1. The van der Waals surface area contributed by atoms with Crippen molar-refractivity contribution in [1.29, 1.82) is 0 Å². The van der Waals surface area contributed by atoms with Crippen LogP contribution in [0, 0.1) is 17.7 Å². The minimum absolute atomic E-state index is 0.261. The monoisotopic (exact) mass is 340 g/mol. The van der Waals surface area contributed by atoms with Crippen molar-refractivity contribution in [1.82, 2.24) is 0 Å². The molecule has 0 atom stereocenters. The van der Waals surface area contributed by atoms with E-state index in [9.17, 15) is 4.39 Å². The van der Waals surface area contributed by atoms with E-state index in [2.05, 4.69) is 11.8 Å².